The number of nitrogens with zero attached hydrogens (tertiary/aromatic N) is 3. The van der Waals surface area contributed by atoms with Gasteiger partial charge >= 0.3 is 0 Å². The van der Waals surface area contributed by atoms with Crippen LogP contribution in [0.1, 0.15) is 65.4 Å². The predicted octanol–water partition coefficient (Wildman–Crippen LogP) is 3.77. The van der Waals surface area contributed by atoms with Crippen LogP contribution in [0.4, 0.5) is 8.78 Å². The molecule has 1 saturated carbocycles. The molecule has 3 heterocycles. The molecular weight excluding hydrogens is 489 g/mol. The standard InChI is InChI=1S/C25H29F2N4O4P/c1-15-11-30(18-5-3-2-4-6-18)36-14-29-13-19(22(32)23(33)21(29)25(35)31(36)12-15)24(34)28-10-16-7-8-17(26)9-20(16)27/h7-9,13,15,18,33H,2-6,10-12,14H2,1H3,(H,28,34)/t15-,36?/m1/s1. The maximum absolute atomic E-state index is 13.9. The summed E-state index contributed by atoms with van der Waals surface area (Å²) in [5.74, 6) is -3.23. The summed E-state index contributed by atoms with van der Waals surface area (Å²) < 4.78 is 32.9. The topological polar surface area (TPSA) is 94.9 Å². The second-order valence-corrected chi connectivity index (χ2v) is 11.9. The summed E-state index contributed by atoms with van der Waals surface area (Å²) in [7, 11) is -1.04. The number of fused-ring (bicyclic) bond motifs is 2. The van der Waals surface area contributed by atoms with Gasteiger partial charge in [-0.15, -0.1) is 0 Å². The summed E-state index contributed by atoms with van der Waals surface area (Å²) in [5.41, 5.74) is -1.32. The average molecular weight is 519 g/mol. The number of rotatable bonds is 4. The van der Waals surface area contributed by atoms with E-state index in [-0.39, 0.29) is 29.3 Å². The van der Waals surface area contributed by atoms with Crippen LogP contribution in [0.15, 0.2) is 29.2 Å². The maximum Gasteiger partial charge on any atom is 0.278 e. The molecule has 8 nitrogen and oxygen atoms in total. The van der Waals surface area contributed by atoms with Crippen LogP contribution in [0.3, 0.4) is 0 Å². The molecule has 1 aromatic carbocycles. The van der Waals surface area contributed by atoms with Crippen LogP contribution in [0.2, 0.25) is 0 Å². The van der Waals surface area contributed by atoms with Crippen LogP contribution in [0.5, 0.6) is 5.75 Å². The van der Waals surface area contributed by atoms with Crippen LogP contribution in [-0.2, 0) is 12.8 Å². The number of benzene rings is 1. The minimum Gasteiger partial charge on any atom is -0.503 e. The van der Waals surface area contributed by atoms with E-state index in [9.17, 15) is 28.3 Å². The van der Waals surface area contributed by atoms with Crippen molar-refractivity contribution in [1.29, 1.82) is 0 Å². The minimum atomic E-state index is -1.04. The smallest absolute Gasteiger partial charge is 0.278 e. The molecule has 36 heavy (non-hydrogen) atoms. The summed E-state index contributed by atoms with van der Waals surface area (Å²) in [6.45, 7) is 3.29. The van der Waals surface area contributed by atoms with E-state index < -0.39 is 42.9 Å². The SMILES string of the molecule is C[C@H]1CN2C(=O)c3c(O)c(=O)c(C(=O)NCc4ccc(F)cc4F)cn3CP2N(C2CCCCC2)C1. The van der Waals surface area contributed by atoms with Gasteiger partial charge in [0.15, 0.2) is 11.4 Å². The van der Waals surface area contributed by atoms with Gasteiger partial charge in [0.05, 0.1) is 14.5 Å². The number of halogens is 2. The molecule has 2 amide bonds. The molecule has 5 rings (SSSR count). The number of hydrogen-bond donors (Lipinski definition) is 2. The molecular formula is C25H29F2N4O4P. The van der Waals surface area contributed by atoms with E-state index >= 15 is 0 Å². The van der Waals surface area contributed by atoms with Gasteiger partial charge in [-0.1, -0.05) is 32.3 Å². The summed E-state index contributed by atoms with van der Waals surface area (Å²) >= 11 is 0. The summed E-state index contributed by atoms with van der Waals surface area (Å²) in [6, 6.07) is 3.39. The van der Waals surface area contributed by atoms with Gasteiger partial charge in [-0.2, -0.15) is 0 Å². The molecule has 0 radical (unpaired) electrons. The highest BCUT2D eigenvalue weighted by Gasteiger charge is 2.44. The number of carbonyl (C=O) groups excluding carboxylic acids is 2. The molecule has 2 atom stereocenters. The minimum absolute atomic E-state index is 0.0563. The third kappa shape index (κ3) is 4.52. The van der Waals surface area contributed by atoms with Crippen molar-refractivity contribution >= 4 is 20.0 Å². The molecule has 1 unspecified atom stereocenters. The molecule has 192 valence electrons. The van der Waals surface area contributed by atoms with E-state index in [1.807, 2.05) is 4.67 Å². The fourth-order valence-corrected chi connectivity index (χ4v) is 8.34. The lowest BCUT2D eigenvalue weighted by Gasteiger charge is -2.51. The Morgan fingerprint density at radius 2 is 1.92 bits per heavy atom. The number of carbonyl (C=O) groups is 2. The molecule has 0 bridgehead atoms. The van der Waals surface area contributed by atoms with Gasteiger partial charge in [-0.3, -0.25) is 19.1 Å². The van der Waals surface area contributed by atoms with E-state index in [0.717, 1.165) is 38.3 Å². The third-order valence-electron chi connectivity index (χ3n) is 7.23. The highest BCUT2D eigenvalue weighted by Crippen LogP contribution is 2.55. The highest BCUT2D eigenvalue weighted by atomic mass is 31.1. The van der Waals surface area contributed by atoms with Gasteiger partial charge in [-0.05, 0) is 24.8 Å². The fraction of sp³-hybridized carbons (Fsp3) is 0.480. The van der Waals surface area contributed by atoms with Crippen molar-refractivity contribution in [2.24, 2.45) is 5.92 Å². The van der Waals surface area contributed by atoms with E-state index in [2.05, 4.69) is 16.9 Å². The molecule has 2 aromatic rings. The fourth-order valence-electron chi connectivity index (χ4n) is 5.40. The first kappa shape index (κ1) is 24.8. The van der Waals surface area contributed by atoms with Gasteiger partial charge < -0.3 is 19.7 Å². The quantitative estimate of drug-likeness (QED) is 0.601. The Hall–Kier alpha value is -2.84. The Kier molecular flexibility index (Phi) is 6.83. The lowest BCUT2D eigenvalue weighted by atomic mass is 9.95. The first-order chi connectivity index (χ1) is 17.2. The van der Waals surface area contributed by atoms with Crippen molar-refractivity contribution < 1.29 is 23.5 Å². The zero-order valence-electron chi connectivity index (χ0n) is 20.0. The molecule has 2 N–H and O–H groups in total. The summed E-state index contributed by atoms with van der Waals surface area (Å²) in [4.78, 5) is 39.2. The Morgan fingerprint density at radius 3 is 2.64 bits per heavy atom. The van der Waals surface area contributed by atoms with E-state index in [0.29, 0.717) is 24.9 Å². The zero-order valence-corrected chi connectivity index (χ0v) is 20.9. The van der Waals surface area contributed by atoms with Gasteiger partial charge in [0.2, 0.25) is 5.43 Å². The molecule has 3 aliphatic rings. The van der Waals surface area contributed by atoms with Crippen molar-refractivity contribution in [3.8, 4) is 5.75 Å². The molecule has 1 aliphatic carbocycles. The molecule has 2 fully saturated rings. The molecule has 0 spiro atoms. The highest BCUT2D eigenvalue weighted by molar-refractivity contribution is 7.52. The number of aromatic nitrogens is 1. The largest absolute Gasteiger partial charge is 0.503 e. The van der Waals surface area contributed by atoms with Crippen LogP contribution in [0.25, 0.3) is 0 Å². The van der Waals surface area contributed by atoms with Crippen LogP contribution >= 0.6 is 8.22 Å². The Labute approximate surface area is 208 Å². The van der Waals surface area contributed by atoms with Gasteiger partial charge in [0.1, 0.15) is 17.2 Å². The number of nitrogens with one attached hydrogen (secondary N) is 1. The lowest BCUT2D eigenvalue weighted by molar-refractivity contribution is 0.0771. The second-order valence-electron chi connectivity index (χ2n) is 9.88. The first-order valence-corrected chi connectivity index (χ1v) is 13.7. The monoisotopic (exact) mass is 518 g/mol. The van der Waals surface area contributed by atoms with Gasteiger partial charge in [0, 0.05) is 43.5 Å². The molecule has 1 aromatic heterocycles. The Bertz CT molecular complexity index is 1260. The predicted molar refractivity (Wildman–Crippen MR) is 131 cm³/mol. The molecule has 2 aliphatic heterocycles. The lowest BCUT2D eigenvalue weighted by Crippen LogP contribution is -2.51. The van der Waals surface area contributed by atoms with Gasteiger partial charge in [0.25, 0.3) is 11.8 Å². The van der Waals surface area contributed by atoms with Gasteiger partial charge in [-0.25, -0.2) is 8.78 Å². The average Bonchev–Trinajstić information content (AvgIpc) is 2.86. The number of amides is 2. The number of aromatic hydroxyl groups is 1. The number of pyridine rings is 1. The first-order valence-electron chi connectivity index (χ1n) is 12.3. The van der Waals surface area contributed by atoms with Crippen molar-refractivity contribution in [2.75, 3.05) is 13.1 Å². The van der Waals surface area contributed by atoms with Crippen LogP contribution in [-0.4, -0.2) is 50.0 Å². The van der Waals surface area contributed by atoms with Crippen LogP contribution < -0.4 is 10.7 Å². The van der Waals surface area contributed by atoms with Crippen molar-refractivity contribution in [2.45, 2.75) is 57.9 Å². The van der Waals surface area contributed by atoms with Crippen LogP contribution in [0, 0.1) is 17.6 Å². The second kappa shape index (κ2) is 9.90. The summed E-state index contributed by atoms with van der Waals surface area (Å²) in [5, 5.41) is 13.2. The Morgan fingerprint density at radius 1 is 1.17 bits per heavy atom. The zero-order chi connectivity index (χ0) is 25.6. The van der Waals surface area contributed by atoms with E-state index in [1.165, 1.54) is 23.3 Å². The van der Waals surface area contributed by atoms with E-state index in [1.54, 1.807) is 0 Å². The normalized spacial score (nSPS) is 22.8. The third-order valence-corrected chi connectivity index (χ3v) is 9.77. The summed E-state index contributed by atoms with van der Waals surface area (Å²) in [6.07, 6.45) is 7.43. The number of hydrogen-bond acceptors (Lipinski definition) is 5. The molecule has 11 heteroatoms. The van der Waals surface area contributed by atoms with Crippen molar-refractivity contribution in [3.63, 3.8) is 0 Å². The van der Waals surface area contributed by atoms with Crippen molar-refractivity contribution in [3.05, 3.63) is 63.1 Å². The van der Waals surface area contributed by atoms with Crippen molar-refractivity contribution in [1.82, 2.24) is 19.2 Å². The van der Waals surface area contributed by atoms with E-state index in [4.69, 9.17) is 0 Å². The molecule has 1 saturated heterocycles. The maximum atomic E-state index is 13.9. The Balaban J connectivity index is 1.43.